The van der Waals surface area contributed by atoms with Crippen LogP contribution in [0.4, 0.5) is 11.4 Å². The van der Waals surface area contributed by atoms with Gasteiger partial charge in [0.15, 0.2) is 5.69 Å². The fourth-order valence-electron chi connectivity index (χ4n) is 2.66. The Morgan fingerprint density at radius 1 is 1.23 bits per heavy atom. The van der Waals surface area contributed by atoms with Crippen LogP contribution in [0.1, 0.15) is 17.4 Å². The van der Waals surface area contributed by atoms with Crippen molar-refractivity contribution in [2.75, 3.05) is 17.7 Å². The lowest BCUT2D eigenvalue weighted by atomic mass is 10.2. The summed E-state index contributed by atoms with van der Waals surface area (Å²) in [6.07, 6.45) is 1.48. The number of halogens is 1. The first-order chi connectivity index (χ1) is 14.9. The number of anilines is 1. The first-order valence-corrected chi connectivity index (χ1v) is 10.8. The highest BCUT2D eigenvalue weighted by Crippen LogP contribution is 2.28. The molecule has 11 heteroatoms. The predicted molar refractivity (Wildman–Crippen MR) is 120 cm³/mol. The highest BCUT2D eigenvalue weighted by atomic mass is 79.9. The van der Waals surface area contributed by atoms with Gasteiger partial charge < -0.3 is 10.1 Å². The molecule has 9 nitrogen and oxygen atoms in total. The molecule has 0 saturated carbocycles. The molecule has 1 amide bonds. The Labute approximate surface area is 190 Å². The third kappa shape index (κ3) is 5.50. The summed E-state index contributed by atoms with van der Waals surface area (Å²) >= 11 is 4.46. The zero-order valence-electron chi connectivity index (χ0n) is 16.3. The standard InChI is InChI=1S/C20H17BrN4O5S/c1-2-30-20(27)18-19(24(12-22-18)14-9-7-13(21)8-10-14)31-11-17(26)23-15-5-3-4-6-16(15)25(28)29/h3-10,12H,2,11H2,1H3,(H,23,26). The van der Waals surface area contributed by atoms with Gasteiger partial charge in [-0.05, 0) is 37.3 Å². The van der Waals surface area contributed by atoms with Crippen molar-refractivity contribution in [3.8, 4) is 5.69 Å². The van der Waals surface area contributed by atoms with E-state index >= 15 is 0 Å². The molecular weight excluding hydrogens is 488 g/mol. The van der Waals surface area contributed by atoms with Gasteiger partial charge in [0.25, 0.3) is 5.69 Å². The summed E-state index contributed by atoms with van der Waals surface area (Å²) in [5, 5.41) is 14.1. The zero-order valence-corrected chi connectivity index (χ0v) is 18.7. The van der Waals surface area contributed by atoms with Gasteiger partial charge in [-0.25, -0.2) is 9.78 Å². The number of esters is 1. The van der Waals surface area contributed by atoms with Gasteiger partial charge in [-0.15, -0.1) is 0 Å². The Morgan fingerprint density at radius 3 is 2.61 bits per heavy atom. The molecule has 160 valence electrons. The van der Waals surface area contributed by atoms with E-state index in [1.165, 1.54) is 24.5 Å². The van der Waals surface area contributed by atoms with Crippen molar-refractivity contribution >= 4 is 50.9 Å². The average molecular weight is 505 g/mol. The molecule has 2 aromatic carbocycles. The van der Waals surface area contributed by atoms with Crippen LogP contribution in [-0.2, 0) is 9.53 Å². The number of carbonyl (C=O) groups is 2. The maximum atomic E-state index is 12.5. The summed E-state index contributed by atoms with van der Waals surface area (Å²) in [7, 11) is 0. The number of carbonyl (C=O) groups excluding carboxylic acids is 2. The lowest BCUT2D eigenvalue weighted by molar-refractivity contribution is -0.383. The Kier molecular flexibility index (Phi) is 7.42. The van der Waals surface area contributed by atoms with Gasteiger partial charge >= 0.3 is 5.97 Å². The number of thioether (sulfide) groups is 1. The van der Waals surface area contributed by atoms with Crippen molar-refractivity contribution in [1.82, 2.24) is 9.55 Å². The van der Waals surface area contributed by atoms with Gasteiger partial charge in [0.1, 0.15) is 17.0 Å². The lowest BCUT2D eigenvalue weighted by Crippen LogP contribution is -2.16. The number of hydrogen-bond acceptors (Lipinski definition) is 7. The van der Waals surface area contributed by atoms with E-state index in [1.807, 2.05) is 24.3 Å². The summed E-state index contributed by atoms with van der Waals surface area (Å²) in [6, 6.07) is 13.2. The number of amides is 1. The van der Waals surface area contributed by atoms with E-state index in [1.54, 1.807) is 17.6 Å². The second kappa shape index (κ2) is 10.2. The van der Waals surface area contributed by atoms with E-state index in [4.69, 9.17) is 4.74 Å². The van der Waals surface area contributed by atoms with Gasteiger partial charge in [-0.2, -0.15) is 0 Å². The summed E-state index contributed by atoms with van der Waals surface area (Å²) in [5.41, 5.74) is 0.735. The first-order valence-electron chi connectivity index (χ1n) is 9.07. The van der Waals surface area contributed by atoms with Crippen LogP contribution in [0.2, 0.25) is 0 Å². The molecule has 0 aliphatic heterocycles. The largest absolute Gasteiger partial charge is 0.461 e. The number of nitro groups is 1. The molecule has 0 aliphatic rings. The fraction of sp³-hybridized carbons (Fsp3) is 0.150. The van der Waals surface area contributed by atoms with Crippen LogP contribution >= 0.6 is 27.7 Å². The molecule has 0 spiro atoms. The van der Waals surface area contributed by atoms with Gasteiger partial charge in [-0.1, -0.05) is 39.8 Å². The van der Waals surface area contributed by atoms with E-state index in [9.17, 15) is 19.7 Å². The SMILES string of the molecule is CCOC(=O)c1ncn(-c2ccc(Br)cc2)c1SCC(=O)Nc1ccccc1[N+](=O)[O-]. The second-order valence-corrected chi connectivity index (χ2v) is 7.96. The predicted octanol–water partition coefficient (Wildman–Crippen LogP) is 4.45. The van der Waals surface area contributed by atoms with Crippen LogP contribution in [0.15, 0.2) is 64.4 Å². The third-order valence-corrected chi connectivity index (χ3v) is 5.61. The number of nitrogens with zero attached hydrogens (tertiary/aromatic N) is 3. The quantitative estimate of drug-likeness (QED) is 0.208. The van der Waals surface area contributed by atoms with Crippen LogP contribution in [0.5, 0.6) is 0 Å². The van der Waals surface area contributed by atoms with Crippen LogP contribution in [0.25, 0.3) is 5.69 Å². The van der Waals surface area contributed by atoms with Gasteiger partial charge in [0, 0.05) is 16.2 Å². The van der Waals surface area contributed by atoms with Crippen LogP contribution in [0.3, 0.4) is 0 Å². The molecular formula is C20H17BrN4O5S. The van der Waals surface area contributed by atoms with Crippen molar-refractivity contribution in [3.63, 3.8) is 0 Å². The molecule has 3 rings (SSSR count). The van der Waals surface area contributed by atoms with Crippen molar-refractivity contribution in [3.05, 3.63) is 75.1 Å². The number of nitro benzene ring substituents is 1. The number of imidazole rings is 1. The van der Waals surface area contributed by atoms with E-state index in [0.717, 1.165) is 21.9 Å². The average Bonchev–Trinajstić information content (AvgIpc) is 3.17. The van der Waals surface area contributed by atoms with E-state index in [2.05, 4.69) is 26.2 Å². The normalized spacial score (nSPS) is 10.5. The molecule has 3 aromatic rings. The molecule has 0 fully saturated rings. The van der Waals surface area contributed by atoms with E-state index < -0.39 is 16.8 Å². The number of ether oxygens (including phenoxy) is 1. The number of aromatic nitrogens is 2. The smallest absolute Gasteiger partial charge is 0.359 e. The van der Waals surface area contributed by atoms with Crippen molar-refractivity contribution in [2.45, 2.75) is 11.9 Å². The van der Waals surface area contributed by atoms with E-state index in [-0.39, 0.29) is 29.4 Å². The summed E-state index contributed by atoms with van der Waals surface area (Å²) in [4.78, 5) is 39.5. The molecule has 1 aromatic heterocycles. The minimum Gasteiger partial charge on any atom is -0.461 e. The van der Waals surface area contributed by atoms with Gasteiger partial charge in [0.2, 0.25) is 5.91 Å². The van der Waals surface area contributed by atoms with E-state index in [0.29, 0.717) is 5.03 Å². The van der Waals surface area contributed by atoms with Crippen molar-refractivity contribution in [1.29, 1.82) is 0 Å². The monoisotopic (exact) mass is 504 g/mol. The molecule has 0 saturated heterocycles. The van der Waals surface area contributed by atoms with Gasteiger partial charge in [-0.3, -0.25) is 19.5 Å². The molecule has 0 unspecified atom stereocenters. The summed E-state index contributed by atoms with van der Waals surface area (Å²) < 4.78 is 7.64. The van der Waals surface area contributed by atoms with Crippen molar-refractivity contribution in [2.24, 2.45) is 0 Å². The summed E-state index contributed by atoms with van der Waals surface area (Å²) in [5.74, 6) is -1.15. The third-order valence-electron chi connectivity index (χ3n) is 4.01. The second-order valence-electron chi connectivity index (χ2n) is 6.08. The Hall–Kier alpha value is -3.18. The number of rotatable bonds is 8. The maximum absolute atomic E-state index is 12.5. The highest BCUT2D eigenvalue weighted by molar-refractivity contribution is 9.10. The fourth-order valence-corrected chi connectivity index (χ4v) is 3.83. The Bertz CT molecular complexity index is 1120. The number of nitrogens with one attached hydrogen (secondary N) is 1. The minimum absolute atomic E-state index is 0.0910. The van der Waals surface area contributed by atoms with Crippen LogP contribution in [0, 0.1) is 10.1 Å². The molecule has 0 radical (unpaired) electrons. The minimum atomic E-state index is -0.597. The van der Waals surface area contributed by atoms with Crippen LogP contribution < -0.4 is 5.32 Å². The Balaban J connectivity index is 1.83. The molecule has 31 heavy (non-hydrogen) atoms. The number of para-hydroxylation sites is 2. The first kappa shape index (κ1) is 22.5. The van der Waals surface area contributed by atoms with Gasteiger partial charge in [0.05, 0.1) is 17.3 Å². The molecule has 1 heterocycles. The Morgan fingerprint density at radius 2 is 1.94 bits per heavy atom. The maximum Gasteiger partial charge on any atom is 0.359 e. The molecule has 0 aliphatic carbocycles. The lowest BCUT2D eigenvalue weighted by Gasteiger charge is -2.10. The zero-order chi connectivity index (χ0) is 22.4. The molecule has 0 atom stereocenters. The topological polar surface area (TPSA) is 116 Å². The van der Waals surface area contributed by atoms with Crippen LogP contribution in [-0.4, -0.2) is 38.7 Å². The van der Waals surface area contributed by atoms with Crippen molar-refractivity contribution < 1.29 is 19.2 Å². The highest BCUT2D eigenvalue weighted by Gasteiger charge is 2.22. The number of benzene rings is 2. The molecule has 0 bridgehead atoms. The number of hydrogen-bond donors (Lipinski definition) is 1. The summed E-state index contributed by atoms with van der Waals surface area (Å²) in [6.45, 7) is 1.88. The molecule has 1 N–H and O–H groups in total.